The molecule has 2 unspecified atom stereocenters. The van der Waals surface area contributed by atoms with E-state index in [1.165, 1.54) is 12.8 Å². The van der Waals surface area contributed by atoms with Gasteiger partial charge in [0.15, 0.2) is 0 Å². The van der Waals surface area contributed by atoms with Gasteiger partial charge in [0, 0.05) is 24.2 Å². The zero-order valence-electron chi connectivity index (χ0n) is 12.6. The number of carbonyl (C=O) groups is 1. The summed E-state index contributed by atoms with van der Waals surface area (Å²) in [7, 11) is 1.57. The average molecular weight is 345 g/mol. The van der Waals surface area contributed by atoms with Gasteiger partial charge in [-0.3, -0.25) is 4.79 Å². The number of nitrogens with one attached hydrogen (secondary N) is 2. The van der Waals surface area contributed by atoms with Gasteiger partial charge in [-0.05, 0) is 49.8 Å². The number of fused-ring (bicyclic) bond motifs is 2. The number of piperidine rings is 1. The van der Waals surface area contributed by atoms with Gasteiger partial charge in [0.2, 0.25) is 5.91 Å². The first-order valence-corrected chi connectivity index (χ1v) is 7.91. The van der Waals surface area contributed by atoms with Gasteiger partial charge in [-0.1, -0.05) is 11.6 Å². The van der Waals surface area contributed by atoms with Crippen molar-refractivity contribution in [3.05, 3.63) is 23.2 Å². The maximum absolute atomic E-state index is 12.2. The van der Waals surface area contributed by atoms with E-state index in [0.29, 0.717) is 35.2 Å². The van der Waals surface area contributed by atoms with Crippen LogP contribution in [0.25, 0.3) is 0 Å². The lowest BCUT2D eigenvalue weighted by Gasteiger charge is -2.28. The monoisotopic (exact) mass is 344 g/mol. The number of halogens is 2. The van der Waals surface area contributed by atoms with Gasteiger partial charge in [-0.15, -0.1) is 12.4 Å². The van der Waals surface area contributed by atoms with Crippen molar-refractivity contribution in [2.45, 2.75) is 44.2 Å². The van der Waals surface area contributed by atoms with E-state index >= 15 is 0 Å². The zero-order valence-corrected chi connectivity index (χ0v) is 14.2. The Hall–Kier alpha value is -0.970. The van der Waals surface area contributed by atoms with Crippen LogP contribution in [0.15, 0.2) is 18.2 Å². The van der Waals surface area contributed by atoms with Gasteiger partial charge in [0.25, 0.3) is 0 Å². The Balaban J connectivity index is 0.00000176. The molecule has 0 spiro atoms. The highest BCUT2D eigenvalue weighted by molar-refractivity contribution is 6.32. The number of amides is 1. The predicted molar refractivity (Wildman–Crippen MR) is 91.2 cm³/mol. The summed E-state index contributed by atoms with van der Waals surface area (Å²) in [5.74, 6) is 1.18. The molecule has 2 heterocycles. The van der Waals surface area contributed by atoms with Crippen LogP contribution < -0.4 is 15.4 Å². The minimum absolute atomic E-state index is 0. The molecule has 0 radical (unpaired) electrons. The standard InChI is InChI=1S/C16H21ClN2O2.ClH/c1-21-15-5-4-13(9-14(15)17)19-16(20)8-10-6-11-2-3-12(7-10)18-11;/h4-5,9-12,18H,2-3,6-8H2,1H3,(H,19,20);1H. The largest absolute Gasteiger partial charge is 0.495 e. The second-order valence-corrected chi connectivity index (χ2v) is 6.48. The van der Waals surface area contributed by atoms with Crippen molar-refractivity contribution in [1.82, 2.24) is 5.32 Å². The molecule has 2 aliphatic rings. The second kappa shape index (κ2) is 7.53. The number of methoxy groups -OCH3 is 1. The number of ether oxygens (including phenoxy) is 1. The molecule has 1 aromatic rings. The third kappa shape index (κ3) is 4.06. The molecule has 0 aromatic heterocycles. The van der Waals surface area contributed by atoms with Crippen LogP contribution in [0.5, 0.6) is 5.75 Å². The fourth-order valence-corrected chi connectivity index (χ4v) is 3.82. The summed E-state index contributed by atoms with van der Waals surface area (Å²) in [5.41, 5.74) is 0.725. The fourth-order valence-electron chi connectivity index (χ4n) is 3.56. The molecule has 2 N–H and O–H groups in total. The lowest BCUT2D eigenvalue weighted by molar-refractivity contribution is -0.117. The van der Waals surface area contributed by atoms with Gasteiger partial charge in [-0.2, -0.15) is 0 Å². The molecule has 0 saturated carbocycles. The van der Waals surface area contributed by atoms with E-state index in [1.807, 2.05) is 6.07 Å². The lowest BCUT2D eigenvalue weighted by atomic mass is 9.89. The smallest absolute Gasteiger partial charge is 0.224 e. The second-order valence-electron chi connectivity index (χ2n) is 6.08. The highest BCUT2D eigenvalue weighted by Crippen LogP contribution is 2.33. The molecule has 4 nitrogen and oxygen atoms in total. The first kappa shape index (κ1) is 17.4. The Labute approximate surface area is 142 Å². The van der Waals surface area contributed by atoms with Crippen LogP contribution in [0, 0.1) is 5.92 Å². The van der Waals surface area contributed by atoms with E-state index in [1.54, 1.807) is 19.2 Å². The van der Waals surface area contributed by atoms with Crippen molar-refractivity contribution in [3.63, 3.8) is 0 Å². The highest BCUT2D eigenvalue weighted by atomic mass is 35.5. The lowest BCUT2D eigenvalue weighted by Crippen LogP contribution is -2.39. The number of carbonyl (C=O) groups excluding carboxylic acids is 1. The Morgan fingerprint density at radius 2 is 2.05 bits per heavy atom. The number of hydrogen-bond donors (Lipinski definition) is 2. The summed E-state index contributed by atoms with van der Waals surface area (Å²) >= 11 is 6.07. The topological polar surface area (TPSA) is 50.4 Å². The normalized spacial score (nSPS) is 26.2. The van der Waals surface area contributed by atoms with Crippen molar-refractivity contribution in [2.24, 2.45) is 5.92 Å². The molecule has 22 heavy (non-hydrogen) atoms. The number of rotatable bonds is 4. The Kier molecular flexibility index (Phi) is 5.95. The minimum Gasteiger partial charge on any atom is -0.495 e. The maximum atomic E-state index is 12.2. The van der Waals surface area contributed by atoms with Crippen LogP contribution in [0.1, 0.15) is 32.1 Å². The molecule has 2 saturated heterocycles. The summed E-state index contributed by atoms with van der Waals surface area (Å²) in [6, 6.07) is 6.55. The third-order valence-corrected chi connectivity index (χ3v) is 4.78. The molecule has 0 aliphatic carbocycles. The van der Waals surface area contributed by atoms with Gasteiger partial charge < -0.3 is 15.4 Å². The average Bonchev–Trinajstić information content (AvgIpc) is 2.78. The van der Waals surface area contributed by atoms with Crippen LogP contribution in [0.4, 0.5) is 5.69 Å². The Morgan fingerprint density at radius 3 is 2.64 bits per heavy atom. The summed E-state index contributed by atoms with van der Waals surface area (Å²) in [6.07, 6.45) is 5.35. The van der Waals surface area contributed by atoms with E-state index < -0.39 is 0 Å². The third-order valence-electron chi connectivity index (χ3n) is 4.48. The summed E-state index contributed by atoms with van der Waals surface area (Å²) in [4.78, 5) is 12.2. The molecule has 3 rings (SSSR count). The quantitative estimate of drug-likeness (QED) is 0.876. The van der Waals surface area contributed by atoms with Gasteiger partial charge >= 0.3 is 0 Å². The van der Waals surface area contributed by atoms with E-state index in [-0.39, 0.29) is 18.3 Å². The van der Waals surface area contributed by atoms with E-state index in [0.717, 1.165) is 18.5 Å². The van der Waals surface area contributed by atoms with Crippen molar-refractivity contribution in [3.8, 4) is 5.75 Å². The van der Waals surface area contributed by atoms with Crippen molar-refractivity contribution in [1.29, 1.82) is 0 Å². The van der Waals surface area contributed by atoms with Gasteiger partial charge in [0.05, 0.1) is 12.1 Å². The highest BCUT2D eigenvalue weighted by Gasteiger charge is 2.34. The molecule has 2 fully saturated rings. The predicted octanol–water partition coefficient (Wildman–Crippen LogP) is 3.63. The molecule has 2 aliphatic heterocycles. The number of hydrogen-bond acceptors (Lipinski definition) is 3. The van der Waals surface area contributed by atoms with Gasteiger partial charge in [-0.25, -0.2) is 0 Å². The maximum Gasteiger partial charge on any atom is 0.224 e. The molecule has 6 heteroatoms. The van der Waals surface area contributed by atoms with Crippen LogP contribution in [-0.2, 0) is 4.79 Å². The Morgan fingerprint density at radius 1 is 1.36 bits per heavy atom. The van der Waals surface area contributed by atoms with E-state index in [2.05, 4.69) is 10.6 Å². The molecule has 2 atom stereocenters. The molecular weight excluding hydrogens is 323 g/mol. The Bertz CT molecular complexity index is 527. The SMILES string of the molecule is COc1ccc(NC(=O)CC2CC3CCC(C2)N3)cc1Cl.Cl. The number of anilines is 1. The molecular formula is C16H22Cl2N2O2. The molecule has 122 valence electrons. The fraction of sp³-hybridized carbons (Fsp3) is 0.562. The van der Waals surface area contributed by atoms with Gasteiger partial charge in [0.1, 0.15) is 5.75 Å². The summed E-state index contributed by atoms with van der Waals surface area (Å²) in [6.45, 7) is 0. The molecule has 1 aromatic carbocycles. The first-order chi connectivity index (χ1) is 10.1. The van der Waals surface area contributed by atoms with E-state index in [4.69, 9.17) is 16.3 Å². The van der Waals surface area contributed by atoms with E-state index in [9.17, 15) is 4.79 Å². The summed E-state index contributed by atoms with van der Waals surface area (Å²) in [5, 5.41) is 7.04. The first-order valence-electron chi connectivity index (χ1n) is 7.53. The minimum atomic E-state index is 0. The van der Waals surface area contributed by atoms with Crippen LogP contribution in [-0.4, -0.2) is 25.1 Å². The van der Waals surface area contributed by atoms with Crippen LogP contribution >= 0.6 is 24.0 Å². The van der Waals surface area contributed by atoms with Crippen molar-refractivity contribution in [2.75, 3.05) is 12.4 Å². The molecule has 1 amide bonds. The van der Waals surface area contributed by atoms with Crippen molar-refractivity contribution < 1.29 is 9.53 Å². The zero-order chi connectivity index (χ0) is 14.8. The molecule has 2 bridgehead atoms. The number of benzene rings is 1. The van der Waals surface area contributed by atoms with Crippen LogP contribution in [0.3, 0.4) is 0 Å². The van der Waals surface area contributed by atoms with Crippen molar-refractivity contribution >= 4 is 35.6 Å². The van der Waals surface area contributed by atoms with Crippen LogP contribution in [0.2, 0.25) is 5.02 Å². The summed E-state index contributed by atoms with van der Waals surface area (Å²) < 4.78 is 5.11.